The summed E-state index contributed by atoms with van der Waals surface area (Å²) < 4.78 is 31.6. The Labute approximate surface area is 707 Å². The molecule has 0 fully saturated rings. The molecule has 6 heteroatoms. The third kappa shape index (κ3) is 16.7. The van der Waals surface area contributed by atoms with E-state index in [4.69, 9.17) is 18.1 Å². The van der Waals surface area contributed by atoms with Crippen LogP contribution in [0.1, 0.15) is 222 Å². The lowest BCUT2D eigenvalue weighted by Crippen LogP contribution is -2.26. The number of benzene rings is 14. The maximum Gasteiger partial charge on any atom is 0.326 e. The predicted molar refractivity (Wildman–Crippen MR) is 501 cm³/mol. The summed E-state index contributed by atoms with van der Waals surface area (Å²) in [6.45, 7) is 46.3. The molecular weight excluding hydrogens is 1470 g/mol. The summed E-state index contributed by atoms with van der Waals surface area (Å²) in [7, 11) is -3.87. The van der Waals surface area contributed by atoms with Gasteiger partial charge in [0.1, 0.15) is 23.0 Å². The van der Waals surface area contributed by atoms with Gasteiger partial charge in [-0.1, -0.05) is 402 Å². The Hall–Kier alpha value is -10.9. The minimum Gasteiger partial charge on any atom is -0.435 e. The third-order valence-electron chi connectivity index (χ3n) is 25.9. The fourth-order valence-corrected chi connectivity index (χ4v) is 20.5. The standard InChI is InChI=1S/C112H116O4P2/c1-77-69-101(97(109(13,14)87-53-37-25-38-54-87)73-93(77)105(5,6)83-45-29-21-30-46-83)113-117(114-102-70-78(2)94(106(7,8)84-47-31-22-32-48-84)74-98(102)110(15,16)88-55-39-26-40-56-88)91-65-61-81(62-66-91)82-63-67-92(68-64-82)118(115-103-71-79(3)95(107(9,10)85-49-33-23-34-50-85)75-99(103)111(17,18)89-57-41-27-42-58-89)116-104-72-80(4)96(108(11,12)86-51-35-24-36-52-86)76-100(104)112(19,20)90-59-43-28-44-60-90/h21-76H,1-20H3. The van der Waals surface area contributed by atoms with Crippen LogP contribution in [0.3, 0.4) is 0 Å². The molecule has 0 aliphatic carbocycles. The van der Waals surface area contributed by atoms with E-state index in [0.29, 0.717) is 0 Å². The van der Waals surface area contributed by atoms with Crippen LogP contribution in [-0.2, 0) is 43.3 Å². The first-order chi connectivity index (χ1) is 56.2. The van der Waals surface area contributed by atoms with Crippen molar-refractivity contribution in [3.8, 4) is 34.1 Å². The highest BCUT2D eigenvalue weighted by atomic mass is 31.2. The van der Waals surface area contributed by atoms with Crippen LogP contribution in [0.25, 0.3) is 11.1 Å². The van der Waals surface area contributed by atoms with Gasteiger partial charge in [-0.3, -0.25) is 0 Å². The van der Waals surface area contributed by atoms with Crippen molar-refractivity contribution in [3.05, 3.63) is 451 Å². The topological polar surface area (TPSA) is 36.9 Å². The monoisotopic (exact) mass is 1590 g/mol. The zero-order valence-corrected chi connectivity index (χ0v) is 74.6. The van der Waals surface area contributed by atoms with Crippen LogP contribution in [0.5, 0.6) is 23.0 Å². The minimum absolute atomic E-state index is 0.336. The molecule has 0 bridgehead atoms. The van der Waals surface area contributed by atoms with Gasteiger partial charge in [-0.15, -0.1) is 0 Å². The van der Waals surface area contributed by atoms with Gasteiger partial charge in [0.15, 0.2) is 0 Å². The average molecular weight is 1590 g/mol. The quantitative estimate of drug-likeness (QED) is 0.0481. The second-order valence-electron chi connectivity index (χ2n) is 36.6. The van der Waals surface area contributed by atoms with Crippen molar-refractivity contribution < 1.29 is 18.1 Å². The molecule has 0 aromatic heterocycles. The molecule has 0 spiro atoms. The van der Waals surface area contributed by atoms with Crippen molar-refractivity contribution in [2.75, 3.05) is 0 Å². The highest BCUT2D eigenvalue weighted by molar-refractivity contribution is 7.57. The molecule has 0 amide bonds. The van der Waals surface area contributed by atoms with Crippen LogP contribution in [-0.4, -0.2) is 0 Å². The third-order valence-corrected chi connectivity index (χ3v) is 28.8. The first-order valence-electron chi connectivity index (χ1n) is 41.8. The maximum atomic E-state index is 7.89. The van der Waals surface area contributed by atoms with Crippen LogP contribution in [0, 0.1) is 27.7 Å². The Balaban J connectivity index is 0.921. The Bertz CT molecular complexity index is 5120. The van der Waals surface area contributed by atoms with Crippen LogP contribution >= 0.6 is 16.8 Å². The summed E-state index contributed by atoms with van der Waals surface area (Å²) in [5.41, 5.74) is 22.3. The molecule has 0 heterocycles. The van der Waals surface area contributed by atoms with Gasteiger partial charge >= 0.3 is 16.8 Å². The zero-order valence-electron chi connectivity index (χ0n) is 72.9. The van der Waals surface area contributed by atoms with Crippen molar-refractivity contribution >= 4 is 27.4 Å². The summed E-state index contributed by atoms with van der Waals surface area (Å²) in [4.78, 5) is 0. The second-order valence-corrected chi connectivity index (χ2v) is 39.3. The summed E-state index contributed by atoms with van der Waals surface area (Å²) in [6, 6.07) is 124. The summed E-state index contributed by atoms with van der Waals surface area (Å²) in [6.07, 6.45) is 0. The Morgan fingerprint density at radius 3 is 0.466 bits per heavy atom. The van der Waals surface area contributed by atoms with Crippen molar-refractivity contribution in [1.29, 1.82) is 0 Å². The predicted octanol–water partition coefficient (Wildman–Crippen LogP) is 29.4. The Morgan fingerprint density at radius 2 is 0.314 bits per heavy atom. The van der Waals surface area contributed by atoms with Gasteiger partial charge < -0.3 is 18.1 Å². The van der Waals surface area contributed by atoms with E-state index in [-0.39, 0.29) is 21.7 Å². The normalized spacial score (nSPS) is 12.6. The van der Waals surface area contributed by atoms with E-state index in [1.807, 2.05) is 0 Å². The van der Waals surface area contributed by atoms with Gasteiger partial charge in [-0.2, -0.15) is 0 Å². The van der Waals surface area contributed by atoms with Crippen LogP contribution in [0.15, 0.2) is 340 Å². The van der Waals surface area contributed by atoms with Gasteiger partial charge in [0.05, 0.1) is 10.6 Å². The van der Waals surface area contributed by atoms with Crippen molar-refractivity contribution in [2.45, 2.75) is 182 Å². The number of aryl methyl sites for hydroxylation is 4. The van der Waals surface area contributed by atoms with Crippen LogP contribution in [0.2, 0.25) is 0 Å². The second kappa shape index (κ2) is 33.5. The molecule has 0 radical (unpaired) electrons. The molecule has 0 saturated carbocycles. The number of hydrogen-bond donors (Lipinski definition) is 0. The van der Waals surface area contributed by atoms with E-state index >= 15 is 0 Å². The highest BCUT2D eigenvalue weighted by Crippen LogP contribution is 2.55. The molecule has 14 aromatic rings. The molecule has 0 unspecified atom stereocenters. The smallest absolute Gasteiger partial charge is 0.326 e. The highest BCUT2D eigenvalue weighted by Gasteiger charge is 2.40. The fraction of sp³-hybridized carbons (Fsp3) is 0.250. The zero-order chi connectivity index (χ0) is 83.7. The maximum absolute atomic E-state index is 7.89. The molecule has 598 valence electrons. The van der Waals surface area contributed by atoms with E-state index < -0.39 is 38.4 Å². The molecule has 0 saturated heterocycles. The lowest BCUT2D eigenvalue weighted by molar-refractivity contribution is 0.473. The molecule has 0 aliphatic rings. The van der Waals surface area contributed by atoms with Gasteiger partial charge in [0, 0.05) is 65.6 Å². The molecule has 14 aromatic carbocycles. The summed E-state index contributed by atoms with van der Waals surface area (Å²) in [5, 5.41) is 1.85. The Morgan fingerprint density at radius 1 is 0.169 bits per heavy atom. The molecule has 118 heavy (non-hydrogen) atoms. The van der Waals surface area contributed by atoms with E-state index in [1.165, 1.54) is 66.8 Å². The molecule has 0 N–H and O–H groups in total. The minimum atomic E-state index is -1.93. The Kier molecular flexibility index (Phi) is 23.7. The SMILES string of the molecule is Cc1cc(OP(Oc2cc(C)c(C(C)(C)c3ccccc3)cc2C(C)(C)c2ccccc2)c2ccc(-c3ccc(P(Oc4cc(C)c(C(C)(C)c5ccccc5)cc4C(C)(C)c4ccccc4)Oc4cc(C)c(C(C)(C)c5ccccc5)cc4C(C)(C)c4ccccc4)cc3)cc2)c(C(C)(C)c2ccccc2)cc1C(C)(C)c1ccccc1. The molecule has 4 nitrogen and oxygen atoms in total. The van der Waals surface area contributed by atoms with Crippen molar-refractivity contribution in [1.82, 2.24) is 0 Å². The molecule has 14 rings (SSSR count). The van der Waals surface area contributed by atoms with Gasteiger partial charge in [0.2, 0.25) is 0 Å². The van der Waals surface area contributed by atoms with E-state index in [0.717, 1.165) is 89.2 Å². The van der Waals surface area contributed by atoms with E-state index in [2.05, 4.69) is 478 Å². The summed E-state index contributed by atoms with van der Waals surface area (Å²) >= 11 is 0. The number of hydrogen-bond acceptors (Lipinski definition) is 4. The first kappa shape index (κ1) is 83.6. The molecular formula is C112H116O4P2. The largest absolute Gasteiger partial charge is 0.435 e. The first-order valence-corrected chi connectivity index (χ1v) is 44.1. The molecule has 0 atom stereocenters. The van der Waals surface area contributed by atoms with Crippen molar-refractivity contribution in [3.63, 3.8) is 0 Å². The van der Waals surface area contributed by atoms with Gasteiger partial charge in [0.25, 0.3) is 0 Å². The van der Waals surface area contributed by atoms with Gasteiger partial charge in [-0.05, 0) is 176 Å². The van der Waals surface area contributed by atoms with Crippen molar-refractivity contribution in [2.24, 2.45) is 0 Å². The van der Waals surface area contributed by atoms with Crippen LogP contribution in [0.4, 0.5) is 0 Å². The van der Waals surface area contributed by atoms with Gasteiger partial charge in [-0.25, -0.2) is 0 Å². The van der Waals surface area contributed by atoms with Crippen LogP contribution < -0.4 is 28.7 Å². The van der Waals surface area contributed by atoms with E-state index in [1.54, 1.807) is 0 Å². The lowest BCUT2D eigenvalue weighted by atomic mass is 9.71. The molecule has 0 aliphatic heterocycles. The number of rotatable bonds is 27. The summed E-state index contributed by atoms with van der Waals surface area (Å²) in [5.74, 6) is 3.13. The average Bonchev–Trinajstić information content (AvgIpc) is 0.753. The lowest BCUT2D eigenvalue weighted by Gasteiger charge is -2.35. The fourth-order valence-electron chi connectivity index (χ4n) is 17.9. The van der Waals surface area contributed by atoms with E-state index in [9.17, 15) is 0 Å².